The summed E-state index contributed by atoms with van der Waals surface area (Å²) >= 11 is 0. The van der Waals surface area contributed by atoms with E-state index in [0.717, 1.165) is 161 Å². The van der Waals surface area contributed by atoms with Crippen molar-refractivity contribution in [3.8, 4) is 0 Å². The second-order valence-electron chi connectivity index (χ2n) is 39.1. The summed E-state index contributed by atoms with van der Waals surface area (Å²) in [5.74, 6) is 0.450. The lowest BCUT2D eigenvalue weighted by Gasteiger charge is -2.33. The monoisotopic (exact) mass is 1640 g/mol. The number of carbonyl (C=O) groups is 8. The molecule has 4 aromatic rings. The lowest BCUT2D eigenvalue weighted by Crippen LogP contribution is -2.46. The normalized spacial score (nSPS) is 26.8. The average molecular weight is 1640 g/mol. The van der Waals surface area contributed by atoms with Gasteiger partial charge in [-0.25, -0.2) is 14.4 Å². The lowest BCUT2D eigenvalue weighted by molar-refractivity contribution is -0.146. The van der Waals surface area contributed by atoms with Crippen molar-refractivity contribution in [3.05, 3.63) is 144 Å². The molecule has 12 fully saturated rings. The maximum atomic E-state index is 13.2. The number of carboxylic acids is 2. The molecule has 16 rings (SSSR count). The predicted molar refractivity (Wildman–Crippen MR) is 452 cm³/mol. The van der Waals surface area contributed by atoms with Gasteiger partial charge in [-0.1, -0.05) is 134 Å². The van der Waals surface area contributed by atoms with Crippen LogP contribution in [0.1, 0.15) is 249 Å². The number of benzene rings is 4. The van der Waals surface area contributed by atoms with Crippen molar-refractivity contribution in [1.82, 2.24) is 34.7 Å². The number of rotatable bonds is 27. The quantitative estimate of drug-likeness (QED) is 0.0285. The second-order valence-corrected chi connectivity index (χ2v) is 39.1. The van der Waals surface area contributed by atoms with Crippen LogP contribution < -0.4 is 5.32 Å². The fraction of sp³-hybridized carbons (Fsp3) is 0.660. The van der Waals surface area contributed by atoms with Crippen LogP contribution in [0.25, 0.3) is 0 Å². The summed E-state index contributed by atoms with van der Waals surface area (Å²) < 4.78 is 26.8. The van der Waals surface area contributed by atoms with Crippen molar-refractivity contribution in [2.75, 3.05) is 79.7 Å². The van der Waals surface area contributed by atoms with Crippen LogP contribution in [0.5, 0.6) is 0 Å². The largest absolute Gasteiger partial charge is 0.480 e. The smallest absolute Gasteiger partial charge is 0.410 e. The molecule has 0 bridgehead atoms. The molecule has 3 amide bonds. The molecule has 9 aliphatic carbocycles. The Balaban J connectivity index is 0.000000148. The minimum Gasteiger partial charge on any atom is -0.480 e. The van der Waals surface area contributed by atoms with Gasteiger partial charge in [0, 0.05) is 110 Å². The zero-order valence-electron chi connectivity index (χ0n) is 71.5. The average Bonchev–Trinajstić information content (AvgIpc) is 1.60. The molecule has 642 valence electrons. The molecule has 9 saturated carbocycles. The molecule has 3 heterocycles. The molecule has 12 aliphatic rings. The Bertz CT molecular complexity index is 3960. The summed E-state index contributed by atoms with van der Waals surface area (Å²) in [6, 6.07) is 42.2. The number of halogens is 1. The zero-order chi connectivity index (χ0) is 83.0. The minimum absolute atomic E-state index is 0. The molecule has 0 spiro atoms. The third-order valence-corrected chi connectivity index (χ3v) is 25.9. The number of hydrogen-bond donors (Lipinski definition) is 3. The van der Waals surface area contributed by atoms with Gasteiger partial charge in [-0.2, -0.15) is 0 Å². The first-order valence-electron chi connectivity index (χ1n) is 43.5. The van der Waals surface area contributed by atoms with Gasteiger partial charge in [0.2, 0.25) is 0 Å². The number of aldehydes is 1. The highest BCUT2D eigenvalue weighted by atomic mass is 35.5. The number of carbonyl (C=O) groups excluding carboxylic acids is 6. The van der Waals surface area contributed by atoms with Gasteiger partial charge in [0.15, 0.2) is 0 Å². The zero-order valence-corrected chi connectivity index (χ0v) is 72.3. The molecular weight excluding hydrogens is 1500 g/mol. The summed E-state index contributed by atoms with van der Waals surface area (Å²) in [5, 5.41) is 22.6. The highest BCUT2D eigenvalue weighted by molar-refractivity contribution is 5.85. The van der Waals surface area contributed by atoms with Gasteiger partial charge >= 0.3 is 42.2 Å². The fourth-order valence-electron chi connectivity index (χ4n) is 18.3. The lowest BCUT2D eigenvalue weighted by atomic mass is 10.0. The Kier molecular flexibility index (Phi) is 29.6. The van der Waals surface area contributed by atoms with Gasteiger partial charge in [-0.3, -0.25) is 33.9 Å². The van der Waals surface area contributed by atoms with Crippen LogP contribution >= 0.6 is 12.4 Å². The number of nitrogens with one attached hydrogen (secondary N) is 1. The Labute approximate surface area is 701 Å². The van der Waals surface area contributed by atoms with E-state index in [2.05, 4.69) is 104 Å². The Morgan fingerprint density at radius 1 is 0.427 bits per heavy atom. The van der Waals surface area contributed by atoms with Crippen molar-refractivity contribution >= 4 is 60.9 Å². The van der Waals surface area contributed by atoms with E-state index < -0.39 is 28.7 Å². The number of amides is 3. The van der Waals surface area contributed by atoms with Crippen molar-refractivity contribution in [3.63, 3.8) is 0 Å². The molecule has 3 N–H and O–H groups in total. The Hall–Kier alpha value is -7.63. The van der Waals surface area contributed by atoms with Crippen LogP contribution in [-0.2, 0) is 47.7 Å². The van der Waals surface area contributed by atoms with Gasteiger partial charge in [-0.15, -0.1) is 12.4 Å². The number of carboxylic acid groups (broad SMARTS) is 2. The van der Waals surface area contributed by atoms with E-state index in [1.165, 1.54) is 68.6 Å². The standard InChI is InChI=1S/C25H36N2O4.C24H34N2O4.C19H26N2O2.C19H25NO3.C7H12O2.ClH/c1-24(2,3)31-23(29)27(21-15-19(21)18-9-6-5-7-10-18)17-25(12-13-25)16-26-14-8-11-20(26)22(28)30-4;1-23(2,3)30-22(29)26(20-14-18(20)17-8-5-4-6-9-17)16-24(11-12-24)15-25-13-7-10-19(25)21(27)28;22-18(23)17-7-4-10-21(17)13-19(8-9-19)12-20-16-11-15(16)14-5-2-1-3-6-14;1-18(2,3)23-17(22)20(12-19(13-21)9-10-19)16-11-15(16)14-7-5-4-6-8-14;1-9-7(8)6-4-2-3-5-6;/h5-7,9-10,19-21H,8,11-17H2,1-4H3;4-6,8-9,18-20H,7,10-16H2,1-3H3,(H,27,28);1-3,5-6,15-17,20H,4,7-13H2,(H,22,23);4-8,13,15-16H,9-12H2,1-3H3;6H,2-5H2,1H3;1H/t19?,20-,21+;18?,19-,20+;15?,16-,17+;15?,16-;;/m1100../s1. The van der Waals surface area contributed by atoms with Crippen LogP contribution in [0.4, 0.5) is 14.4 Å². The first kappa shape index (κ1) is 90.1. The fourth-order valence-corrected chi connectivity index (χ4v) is 18.3. The summed E-state index contributed by atoms with van der Waals surface area (Å²) in [6.07, 6.45) is 22.7. The highest BCUT2D eigenvalue weighted by Gasteiger charge is 2.57. The number of hydrogen-bond acceptors (Lipinski definition) is 17. The number of nitrogens with zero attached hydrogens (tertiary/aromatic N) is 6. The van der Waals surface area contributed by atoms with Crippen LogP contribution in [0.3, 0.4) is 0 Å². The third kappa shape index (κ3) is 25.5. The SMILES string of the molecule is CC(C)(C)OC(=O)N(CC1(C=O)CC1)[C@H]1CC1c1ccccc1.CC(C)(C)OC(=O)N(CC1(CN2CCC[C@@H]2C(=O)O)CC1)[C@H]1CC1c1ccccc1.COC(=O)C1CCCC1.COC(=O)[C@H]1CCCN1CC1(CN(C(=O)OC(C)(C)C)[C@H]2CC2c2ccccc2)CC1.Cl.O=C(O)[C@H]1CCCN1CC1(CN[C@H]2CC2c2ccccc2)CC1. The van der Waals surface area contributed by atoms with E-state index in [0.29, 0.717) is 54.8 Å². The van der Waals surface area contributed by atoms with E-state index in [9.17, 15) is 48.6 Å². The van der Waals surface area contributed by atoms with Crippen molar-refractivity contribution < 1.29 is 72.3 Å². The van der Waals surface area contributed by atoms with E-state index in [4.69, 9.17) is 18.9 Å². The molecule has 4 aromatic carbocycles. The minimum atomic E-state index is -0.723. The van der Waals surface area contributed by atoms with E-state index in [1.807, 2.05) is 115 Å². The van der Waals surface area contributed by atoms with Gasteiger partial charge < -0.3 is 58.7 Å². The number of likely N-dealkylation sites (tertiary alicyclic amines) is 3. The van der Waals surface area contributed by atoms with E-state index in [-0.39, 0.29) is 101 Å². The van der Waals surface area contributed by atoms with Crippen molar-refractivity contribution in [2.24, 2.45) is 27.6 Å². The number of aliphatic carboxylic acids is 2. The molecule has 4 unspecified atom stereocenters. The molecule has 11 atom stereocenters. The number of methoxy groups -OCH3 is 2. The topological polar surface area (TPSA) is 255 Å². The molecule has 3 saturated heterocycles. The summed E-state index contributed by atoms with van der Waals surface area (Å²) in [7, 11) is 2.92. The van der Waals surface area contributed by atoms with Gasteiger partial charge in [0.1, 0.15) is 41.2 Å². The van der Waals surface area contributed by atoms with Crippen LogP contribution in [0.15, 0.2) is 121 Å². The number of esters is 2. The van der Waals surface area contributed by atoms with Crippen LogP contribution in [0, 0.1) is 27.6 Å². The molecule has 3 aliphatic heterocycles. The van der Waals surface area contributed by atoms with Crippen molar-refractivity contribution in [2.45, 2.75) is 286 Å². The van der Waals surface area contributed by atoms with Crippen LogP contribution in [0.2, 0.25) is 0 Å². The third-order valence-electron chi connectivity index (χ3n) is 25.9. The molecule has 0 radical (unpaired) electrons. The Morgan fingerprint density at radius 3 is 1.07 bits per heavy atom. The second kappa shape index (κ2) is 38.4. The van der Waals surface area contributed by atoms with E-state index in [1.54, 1.807) is 4.90 Å². The first-order chi connectivity index (χ1) is 55.2. The number of ether oxygens (including phenoxy) is 5. The summed E-state index contributed by atoms with van der Waals surface area (Å²) in [6.45, 7) is 25.2. The molecule has 22 nitrogen and oxygen atoms in total. The molecule has 23 heteroatoms. The highest BCUT2D eigenvalue weighted by Crippen LogP contribution is 2.56. The summed E-state index contributed by atoms with van der Waals surface area (Å²) in [5.41, 5.74) is 3.73. The Morgan fingerprint density at radius 2 is 0.752 bits per heavy atom. The summed E-state index contributed by atoms with van der Waals surface area (Å²) in [4.78, 5) is 109. The maximum absolute atomic E-state index is 13.2. The van der Waals surface area contributed by atoms with Gasteiger partial charge in [-0.05, 0) is 238 Å². The van der Waals surface area contributed by atoms with E-state index >= 15 is 0 Å². The molecule has 117 heavy (non-hydrogen) atoms. The first-order valence-corrected chi connectivity index (χ1v) is 43.5. The molecule has 0 aromatic heterocycles. The van der Waals surface area contributed by atoms with Gasteiger partial charge in [0.05, 0.1) is 20.1 Å². The maximum Gasteiger partial charge on any atom is 0.410 e. The predicted octanol–water partition coefficient (Wildman–Crippen LogP) is 16.3. The van der Waals surface area contributed by atoms with Crippen molar-refractivity contribution in [1.29, 1.82) is 0 Å². The molecular formula is C94H134ClN7O15. The van der Waals surface area contributed by atoms with Gasteiger partial charge in [0.25, 0.3) is 0 Å². The van der Waals surface area contributed by atoms with Crippen LogP contribution in [-0.4, -0.2) is 227 Å².